The van der Waals surface area contributed by atoms with Crippen LogP contribution in [0.5, 0.6) is 0 Å². The number of benzene rings is 3. The van der Waals surface area contributed by atoms with Gasteiger partial charge >= 0.3 is 18.3 Å². The van der Waals surface area contributed by atoms with Crippen molar-refractivity contribution in [1.82, 2.24) is 4.90 Å². The molecule has 3 aromatic carbocycles. The molecule has 3 rings (SSSR count). The first kappa shape index (κ1) is 30.0. The van der Waals surface area contributed by atoms with E-state index in [1.54, 1.807) is 4.90 Å². The van der Waals surface area contributed by atoms with Gasteiger partial charge in [0.1, 0.15) is 5.60 Å². The number of methoxy groups -OCH3 is 2. The lowest BCUT2D eigenvalue weighted by Gasteiger charge is -2.29. The van der Waals surface area contributed by atoms with Gasteiger partial charge < -0.3 is 19.1 Å². The van der Waals surface area contributed by atoms with E-state index in [-0.39, 0.29) is 12.0 Å². The Morgan fingerprint density at radius 3 is 1.65 bits per heavy atom. The van der Waals surface area contributed by atoms with Crippen LogP contribution in [0, 0.1) is 0 Å². The van der Waals surface area contributed by atoms with Crippen LogP contribution in [0.4, 0.5) is 25.8 Å². The fourth-order valence-electron chi connectivity index (χ4n) is 4.11. The van der Waals surface area contributed by atoms with Crippen molar-refractivity contribution in [3.63, 3.8) is 0 Å². The minimum absolute atomic E-state index is 0.0972. The summed E-state index contributed by atoms with van der Waals surface area (Å²) in [5, 5.41) is 5.32. The van der Waals surface area contributed by atoms with Crippen LogP contribution >= 0.6 is 0 Å². The van der Waals surface area contributed by atoms with Gasteiger partial charge in [-0.3, -0.25) is 10.6 Å². The summed E-state index contributed by atoms with van der Waals surface area (Å²) >= 11 is 0. The Kier molecular flexibility index (Phi) is 10.5. The Morgan fingerprint density at radius 1 is 0.750 bits per heavy atom. The number of carbonyl (C=O) groups is 3. The minimum Gasteiger partial charge on any atom is -0.453 e. The number of amides is 3. The number of anilines is 2. The van der Waals surface area contributed by atoms with Crippen molar-refractivity contribution >= 4 is 29.7 Å². The van der Waals surface area contributed by atoms with Gasteiger partial charge in [-0.2, -0.15) is 0 Å². The van der Waals surface area contributed by atoms with E-state index in [1.165, 1.54) is 14.2 Å². The van der Waals surface area contributed by atoms with Crippen molar-refractivity contribution in [1.29, 1.82) is 0 Å². The lowest BCUT2D eigenvalue weighted by molar-refractivity contribution is 0.0229. The van der Waals surface area contributed by atoms with Crippen molar-refractivity contribution in [2.24, 2.45) is 0 Å². The maximum absolute atomic E-state index is 13.2. The molecule has 0 aromatic heterocycles. The molecular weight excluding hydrogens is 510 g/mol. The van der Waals surface area contributed by atoms with Gasteiger partial charge in [0.25, 0.3) is 0 Å². The average Bonchev–Trinajstić information content (AvgIpc) is 2.93. The van der Waals surface area contributed by atoms with Gasteiger partial charge in [0.15, 0.2) is 0 Å². The van der Waals surface area contributed by atoms with Gasteiger partial charge in [0.05, 0.1) is 14.2 Å². The summed E-state index contributed by atoms with van der Waals surface area (Å²) in [4.78, 5) is 38.2. The minimum atomic E-state index is -0.629. The summed E-state index contributed by atoms with van der Waals surface area (Å²) in [6.45, 7) is 6.39. The highest BCUT2D eigenvalue weighted by molar-refractivity contribution is 5.85. The van der Waals surface area contributed by atoms with E-state index in [4.69, 9.17) is 4.74 Å². The number of hydrogen-bond acceptors (Lipinski definition) is 6. The van der Waals surface area contributed by atoms with Crippen LogP contribution in [-0.2, 0) is 20.8 Å². The van der Waals surface area contributed by atoms with Crippen LogP contribution in [0.3, 0.4) is 0 Å². The molecular formula is C31H37N3O6. The molecule has 212 valence electrons. The first-order chi connectivity index (χ1) is 19.1. The van der Waals surface area contributed by atoms with Crippen molar-refractivity contribution in [2.75, 3.05) is 31.4 Å². The highest BCUT2D eigenvalue weighted by Crippen LogP contribution is 2.31. The molecule has 2 N–H and O–H groups in total. The third-order valence-electron chi connectivity index (χ3n) is 6.05. The Balaban J connectivity index is 1.89. The summed E-state index contributed by atoms with van der Waals surface area (Å²) in [6.07, 6.45) is -0.885. The molecule has 0 aliphatic rings. The van der Waals surface area contributed by atoms with Crippen molar-refractivity contribution < 1.29 is 28.6 Å². The largest absolute Gasteiger partial charge is 0.453 e. The molecule has 40 heavy (non-hydrogen) atoms. The van der Waals surface area contributed by atoms with Gasteiger partial charge in [-0.05, 0) is 68.1 Å². The maximum atomic E-state index is 13.2. The SMILES string of the molecule is COC(=O)Nc1ccc(C(CCN(Cc2ccccc2)C(=O)OC(C)(C)C)c2ccc(NC(=O)OC)cc2)cc1. The summed E-state index contributed by atoms with van der Waals surface area (Å²) in [7, 11) is 2.62. The molecule has 0 atom stereocenters. The molecule has 0 heterocycles. The predicted molar refractivity (Wildman–Crippen MR) is 154 cm³/mol. The zero-order chi connectivity index (χ0) is 29.1. The second-order valence-electron chi connectivity index (χ2n) is 10.2. The topological polar surface area (TPSA) is 106 Å². The van der Waals surface area contributed by atoms with Gasteiger partial charge in [-0.25, -0.2) is 14.4 Å². The van der Waals surface area contributed by atoms with Crippen LogP contribution in [0.15, 0.2) is 78.9 Å². The lowest BCUT2D eigenvalue weighted by Crippen LogP contribution is -2.37. The standard InChI is InChI=1S/C31H37N3O6/c1-31(2,3)40-30(37)34(21-22-9-7-6-8-10-22)20-19-27(23-11-15-25(16-12-23)32-28(35)38-4)24-13-17-26(18-14-24)33-29(36)39-5/h6-18,27H,19-21H2,1-5H3,(H,32,35)(H,33,36). The highest BCUT2D eigenvalue weighted by atomic mass is 16.6. The van der Waals surface area contributed by atoms with E-state index >= 15 is 0 Å². The quantitative estimate of drug-likeness (QED) is 0.279. The third-order valence-corrected chi connectivity index (χ3v) is 6.05. The molecule has 0 saturated carbocycles. The maximum Gasteiger partial charge on any atom is 0.411 e. The zero-order valence-electron chi connectivity index (χ0n) is 23.6. The van der Waals surface area contributed by atoms with E-state index < -0.39 is 17.8 Å². The average molecular weight is 548 g/mol. The van der Waals surface area contributed by atoms with Gasteiger partial charge in [-0.15, -0.1) is 0 Å². The molecule has 9 heteroatoms. The molecule has 3 amide bonds. The van der Waals surface area contributed by atoms with E-state index in [1.807, 2.05) is 99.6 Å². The normalized spacial score (nSPS) is 10.9. The number of nitrogens with one attached hydrogen (secondary N) is 2. The van der Waals surface area contributed by atoms with Gasteiger partial charge in [-0.1, -0.05) is 54.6 Å². The molecule has 9 nitrogen and oxygen atoms in total. The first-order valence-electron chi connectivity index (χ1n) is 13.0. The third kappa shape index (κ3) is 9.34. The van der Waals surface area contributed by atoms with Crippen LogP contribution in [-0.4, -0.2) is 49.5 Å². The number of rotatable bonds is 9. The molecule has 0 bridgehead atoms. The van der Waals surface area contributed by atoms with Gasteiger partial charge in [0.2, 0.25) is 0 Å². The first-order valence-corrected chi connectivity index (χ1v) is 13.0. The predicted octanol–water partition coefficient (Wildman–Crippen LogP) is 7.00. The summed E-state index contributed by atoms with van der Waals surface area (Å²) in [5.41, 5.74) is 3.57. The van der Waals surface area contributed by atoms with Crippen molar-refractivity contribution in [3.05, 3.63) is 95.6 Å². The molecule has 3 aromatic rings. The van der Waals surface area contributed by atoms with Crippen LogP contribution < -0.4 is 10.6 Å². The van der Waals surface area contributed by atoms with Crippen LogP contribution in [0.1, 0.15) is 49.8 Å². The van der Waals surface area contributed by atoms with Crippen molar-refractivity contribution in [3.8, 4) is 0 Å². The molecule has 0 fully saturated rings. The second kappa shape index (κ2) is 14.0. The molecule has 0 aliphatic carbocycles. The molecule has 0 spiro atoms. The van der Waals surface area contributed by atoms with Crippen LogP contribution in [0.2, 0.25) is 0 Å². The Labute approximate surface area is 235 Å². The van der Waals surface area contributed by atoms with E-state index in [9.17, 15) is 14.4 Å². The molecule has 0 saturated heterocycles. The molecule has 0 aliphatic heterocycles. The van der Waals surface area contributed by atoms with E-state index in [0.29, 0.717) is 30.9 Å². The van der Waals surface area contributed by atoms with Gasteiger partial charge in [0, 0.05) is 30.4 Å². The second-order valence-corrected chi connectivity index (χ2v) is 10.2. The molecule has 0 unspecified atom stereocenters. The van der Waals surface area contributed by atoms with Crippen LogP contribution in [0.25, 0.3) is 0 Å². The summed E-state index contributed by atoms with van der Waals surface area (Å²) in [6, 6.07) is 24.8. The zero-order valence-corrected chi connectivity index (χ0v) is 23.6. The number of nitrogens with zero attached hydrogens (tertiary/aromatic N) is 1. The molecule has 0 radical (unpaired) electrons. The smallest absolute Gasteiger partial charge is 0.411 e. The fraction of sp³-hybridized carbons (Fsp3) is 0.323. The monoisotopic (exact) mass is 547 g/mol. The number of hydrogen-bond donors (Lipinski definition) is 2. The number of ether oxygens (including phenoxy) is 3. The Hall–Kier alpha value is -4.53. The Bertz CT molecular complexity index is 1190. The lowest BCUT2D eigenvalue weighted by atomic mass is 9.88. The van der Waals surface area contributed by atoms with Crippen molar-refractivity contribution in [2.45, 2.75) is 45.3 Å². The highest BCUT2D eigenvalue weighted by Gasteiger charge is 2.24. The summed E-state index contributed by atoms with van der Waals surface area (Å²) < 4.78 is 15.1. The summed E-state index contributed by atoms with van der Waals surface area (Å²) in [5.74, 6) is -0.0972. The number of carbonyl (C=O) groups excluding carboxylic acids is 3. The Morgan fingerprint density at radius 2 is 1.23 bits per heavy atom. The fourth-order valence-corrected chi connectivity index (χ4v) is 4.11. The van der Waals surface area contributed by atoms with E-state index in [2.05, 4.69) is 20.1 Å². The van der Waals surface area contributed by atoms with E-state index in [0.717, 1.165) is 16.7 Å².